The first-order valence-corrected chi connectivity index (χ1v) is 17.4. The second-order valence-corrected chi connectivity index (χ2v) is 15.9. The number of hydrogen-bond donors (Lipinski definition) is 0. The van der Waals surface area contributed by atoms with Crippen molar-refractivity contribution in [3.8, 4) is 0 Å². The van der Waals surface area contributed by atoms with Crippen LogP contribution in [-0.4, -0.2) is 25.7 Å². The number of allylic oxidation sites excluding steroid dienone is 1. The summed E-state index contributed by atoms with van der Waals surface area (Å²) in [5.41, 5.74) is 0. The molecular weight excluding hydrogens is 427 g/mol. The number of carboxylic acids is 1. The van der Waals surface area contributed by atoms with Crippen molar-refractivity contribution in [3.05, 3.63) is 12.2 Å². The molecule has 0 saturated heterocycles. The van der Waals surface area contributed by atoms with E-state index in [4.69, 9.17) is 0 Å². The van der Waals surface area contributed by atoms with E-state index >= 15 is 0 Å². The van der Waals surface area contributed by atoms with Crippen LogP contribution in [0.3, 0.4) is 0 Å². The van der Waals surface area contributed by atoms with Gasteiger partial charge in [-0.05, 0) is 18.9 Å². The number of carboxylic acid groups (broad SMARTS) is 1. The minimum absolute atomic E-state index is 0.839. The van der Waals surface area contributed by atoms with Crippen molar-refractivity contribution in [1.29, 1.82) is 0 Å². The molecule has 0 spiro atoms. The molecule has 0 aromatic carbocycles. The Morgan fingerprint density at radius 2 is 1.12 bits per heavy atom. The molecule has 26 heavy (non-hydrogen) atoms. The molecule has 0 fully saturated rings. The molecule has 0 aliphatic rings. The van der Waals surface area contributed by atoms with Crippen LogP contribution in [0.25, 0.3) is 0 Å². The van der Waals surface area contributed by atoms with Crippen molar-refractivity contribution in [2.45, 2.75) is 124 Å². The standard InChI is InChI=1S/C11H20O2.3C4H9.Sn/c1-2-3-4-5-6-7-8-9-10-11(12)13;3*1-3-4-2;/h9-10H,2-8H2,1H3,(H,12,13);3*1,3-4H2,2H3;/q;;;;+1/p-1. The summed E-state index contributed by atoms with van der Waals surface area (Å²) < 4.78 is 5.04. The Labute approximate surface area is 172 Å². The summed E-state index contributed by atoms with van der Waals surface area (Å²) in [6.45, 7) is 9.20. The summed E-state index contributed by atoms with van der Waals surface area (Å²) in [6, 6.07) is 0. The van der Waals surface area contributed by atoms with Crippen molar-refractivity contribution in [2.75, 3.05) is 0 Å². The second kappa shape index (κ2) is 25.0. The average molecular weight is 473 g/mol. The van der Waals surface area contributed by atoms with Crippen LogP contribution in [0, 0.1) is 0 Å². The number of rotatable bonds is 17. The van der Waals surface area contributed by atoms with E-state index in [0.29, 0.717) is 0 Å². The Kier molecular flexibility index (Phi) is 27.1. The first-order valence-electron chi connectivity index (χ1n) is 11.3. The molecule has 0 N–H and O–H groups in total. The van der Waals surface area contributed by atoms with Gasteiger partial charge in [-0.15, -0.1) is 0 Å². The van der Waals surface area contributed by atoms with E-state index in [9.17, 15) is 9.90 Å². The minimum atomic E-state index is -1.09. The maximum atomic E-state index is 9.98. The monoisotopic (exact) mass is 474 g/mol. The predicted octanol–water partition coefficient (Wildman–Crippen LogP) is 6.92. The zero-order valence-corrected chi connectivity index (χ0v) is 21.1. The molecular formula is C23H46O2Sn. The van der Waals surface area contributed by atoms with Gasteiger partial charge in [0.15, 0.2) is 0 Å². The second-order valence-electron chi connectivity index (χ2n) is 7.34. The Morgan fingerprint density at radius 1 is 0.692 bits per heavy atom. The summed E-state index contributed by atoms with van der Waals surface area (Å²) >= 11 is -0.839. The van der Waals surface area contributed by atoms with Gasteiger partial charge < -0.3 is 9.90 Å². The SMILES string of the molecule is CCCCCCCCC=CC(=O)[O-].CCC[CH2][Sn+]([CH2]CCC)[CH2]CCC. The third-order valence-electron chi connectivity index (χ3n) is 4.63. The van der Waals surface area contributed by atoms with Gasteiger partial charge in [0.1, 0.15) is 0 Å². The van der Waals surface area contributed by atoms with Crippen molar-refractivity contribution < 1.29 is 9.90 Å². The van der Waals surface area contributed by atoms with Gasteiger partial charge in [0.2, 0.25) is 0 Å². The van der Waals surface area contributed by atoms with Crippen LogP contribution in [0.1, 0.15) is 111 Å². The maximum absolute atomic E-state index is 9.98. The van der Waals surface area contributed by atoms with Gasteiger partial charge in [-0.1, -0.05) is 45.1 Å². The van der Waals surface area contributed by atoms with Crippen LogP contribution in [0.5, 0.6) is 0 Å². The van der Waals surface area contributed by atoms with Crippen LogP contribution in [-0.2, 0) is 4.79 Å². The number of hydrogen-bond acceptors (Lipinski definition) is 2. The van der Waals surface area contributed by atoms with Gasteiger partial charge in [0.05, 0.1) is 5.97 Å². The molecule has 2 nitrogen and oxygen atoms in total. The molecule has 0 unspecified atom stereocenters. The molecule has 0 aliphatic heterocycles. The number of aliphatic carboxylic acids is 1. The average Bonchev–Trinajstić information content (AvgIpc) is 2.63. The van der Waals surface area contributed by atoms with Crippen LogP contribution in [0.2, 0.25) is 13.3 Å². The predicted molar refractivity (Wildman–Crippen MR) is 117 cm³/mol. The van der Waals surface area contributed by atoms with Crippen molar-refractivity contribution >= 4 is 25.7 Å². The van der Waals surface area contributed by atoms with Gasteiger partial charge in [0, 0.05) is 0 Å². The fourth-order valence-corrected chi connectivity index (χ4v) is 12.3. The van der Waals surface area contributed by atoms with Crippen molar-refractivity contribution in [1.82, 2.24) is 0 Å². The Balaban J connectivity index is 0. The van der Waals surface area contributed by atoms with E-state index in [-0.39, 0.29) is 0 Å². The van der Waals surface area contributed by atoms with Crippen LogP contribution >= 0.6 is 0 Å². The van der Waals surface area contributed by atoms with Crippen molar-refractivity contribution in [2.24, 2.45) is 0 Å². The molecule has 0 saturated carbocycles. The molecule has 0 rings (SSSR count). The molecule has 0 aromatic rings. The van der Waals surface area contributed by atoms with Crippen LogP contribution in [0.4, 0.5) is 0 Å². The molecule has 0 aliphatic carbocycles. The molecule has 0 radical (unpaired) electrons. The normalized spacial score (nSPS) is 10.6. The van der Waals surface area contributed by atoms with E-state index < -0.39 is 25.7 Å². The first-order chi connectivity index (χ1) is 12.6. The Hall–Kier alpha value is 0.00870. The zero-order chi connectivity index (χ0) is 19.9. The molecule has 0 atom stereocenters. The van der Waals surface area contributed by atoms with Gasteiger partial charge in [-0.25, -0.2) is 0 Å². The third kappa shape index (κ3) is 26.2. The molecule has 0 bridgehead atoms. The first kappa shape index (κ1) is 28.2. The molecule has 0 heterocycles. The zero-order valence-electron chi connectivity index (χ0n) is 18.3. The van der Waals surface area contributed by atoms with E-state index in [2.05, 4.69) is 27.7 Å². The van der Waals surface area contributed by atoms with Crippen LogP contribution in [0.15, 0.2) is 12.2 Å². The van der Waals surface area contributed by atoms with E-state index in [1.54, 1.807) is 19.4 Å². The number of carbonyl (C=O) groups excluding carboxylic acids is 1. The fourth-order valence-electron chi connectivity index (χ4n) is 2.88. The number of unbranched alkanes of at least 4 members (excludes halogenated alkanes) is 9. The fraction of sp³-hybridized carbons (Fsp3) is 0.870. The van der Waals surface area contributed by atoms with Crippen molar-refractivity contribution in [3.63, 3.8) is 0 Å². The van der Waals surface area contributed by atoms with E-state index in [1.807, 2.05) is 0 Å². The topological polar surface area (TPSA) is 40.1 Å². The Bertz CT molecular complexity index is 284. The van der Waals surface area contributed by atoms with E-state index in [0.717, 1.165) is 18.9 Å². The van der Waals surface area contributed by atoms with Crippen LogP contribution < -0.4 is 5.11 Å². The van der Waals surface area contributed by atoms with Gasteiger partial charge >= 0.3 is 92.4 Å². The Morgan fingerprint density at radius 3 is 1.54 bits per heavy atom. The molecule has 154 valence electrons. The van der Waals surface area contributed by atoms with E-state index in [1.165, 1.54) is 70.6 Å². The summed E-state index contributed by atoms with van der Waals surface area (Å²) in [5.74, 6) is -1.09. The van der Waals surface area contributed by atoms with Gasteiger partial charge in [-0.2, -0.15) is 0 Å². The van der Waals surface area contributed by atoms with Gasteiger partial charge in [0.25, 0.3) is 0 Å². The molecule has 3 heteroatoms. The molecule has 0 aromatic heterocycles. The summed E-state index contributed by atoms with van der Waals surface area (Å²) in [6.07, 6.45) is 20.0. The quantitative estimate of drug-likeness (QED) is 0.131. The summed E-state index contributed by atoms with van der Waals surface area (Å²) in [7, 11) is 0. The summed E-state index contributed by atoms with van der Waals surface area (Å²) in [5, 5.41) is 9.98. The third-order valence-corrected chi connectivity index (χ3v) is 13.7. The van der Waals surface area contributed by atoms with Gasteiger partial charge in [-0.3, -0.25) is 0 Å². The number of carbonyl (C=O) groups is 1. The summed E-state index contributed by atoms with van der Waals surface area (Å²) in [4.78, 5) is 9.98. The molecule has 0 amide bonds.